The molecule has 1 heterocycles. The van der Waals surface area contributed by atoms with E-state index in [-0.39, 0.29) is 0 Å². The quantitative estimate of drug-likeness (QED) is 0.805. The van der Waals surface area contributed by atoms with Gasteiger partial charge in [0.15, 0.2) is 0 Å². The van der Waals surface area contributed by atoms with E-state index in [4.69, 9.17) is 4.74 Å². The Bertz CT molecular complexity index is 564. The van der Waals surface area contributed by atoms with Crippen LogP contribution < -0.4 is 4.74 Å². The van der Waals surface area contributed by atoms with Gasteiger partial charge in [0.1, 0.15) is 15.0 Å². The SMILES string of the molecule is Brc1cc(Br)n(-c2cccc(OCC3CC3)c2)n1. The Kier molecular flexibility index (Phi) is 3.43. The van der Waals surface area contributed by atoms with E-state index in [2.05, 4.69) is 37.0 Å². The number of rotatable bonds is 4. The predicted molar refractivity (Wildman–Crippen MR) is 77.2 cm³/mol. The van der Waals surface area contributed by atoms with Gasteiger partial charge in [-0.3, -0.25) is 0 Å². The van der Waals surface area contributed by atoms with Crippen molar-refractivity contribution in [3.8, 4) is 11.4 Å². The van der Waals surface area contributed by atoms with Gasteiger partial charge in [0.2, 0.25) is 0 Å². The van der Waals surface area contributed by atoms with Gasteiger partial charge >= 0.3 is 0 Å². The molecular formula is C13H12Br2N2O. The maximum atomic E-state index is 5.77. The number of ether oxygens (including phenoxy) is 1. The molecule has 3 nitrogen and oxygen atoms in total. The third-order valence-corrected chi connectivity index (χ3v) is 3.83. The van der Waals surface area contributed by atoms with Crippen molar-refractivity contribution in [3.05, 3.63) is 39.5 Å². The molecule has 0 unspecified atom stereocenters. The Balaban J connectivity index is 1.82. The topological polar surface area (TPSA) is 27.1 Å². The first-order valence-electron chi connectivity index (χ1n) is 5.87. The summed E-state index contributed by atoms with van der Waals surface area (Å²) in [5, 5.41) is 4.36. The Morgan fingerprint density at radius 1 is 1.28 bits per heavy atom. The minimum Gasteiger partial charge on any atom is -0.493 e. The smallest absolute Gasteiger partial charge is 0.129 e. The average Bonchev–Trinajstić information content (AvgIpc) is 3.12. The van der Waals surface area contributed by atoms with Crippen molar-refractivity contribution >= 4 is 31.9 Å². The van der Waals surface area contributed by atoms with E-state index in [1.807, 2.05) is 35.0 Å². The minimum atomic E-state index is 0.763. The van der Waals surface area contributed by atoms with Crippen molar-refractivity contribution in [2.24, 2.45) is 5.92 Å². The number of hydrogen-bond donors (Lipinski definition) is 0. The van der Waals surface area contributed by atoms with Crippen LogP contribution in [0.4, 0.5) is 0 Å². The summed E-state index contributed by atoms with van der Waals surface area (Å²) in [6.45, 7) is 0.827. The summed E-state index contributed by atoms with van der Waals surface area (Å²) in [6, 6.07) is 9.90. The number of benzene rings is 1. The Morgan fingerprint density at radius 3 is 2.78 bits per heavy atom. The van der Waals surface area contributed by atoms with Gasteiger partial charge in [-0.2, -0.15) is 5.10 Å². The summed E-state index contributed by atoms with van der Waals surface area (Å²) < 4.78 is 9.31. The molecule has 5 heteroatoms. The molecule has 0 saturated heterocycles. The molecule has 2 aromatic rings. The molecule has 1 aromatic heterocycles. The fourth-order valence-electron chi connectivity index (χ4n) is 1.72. The first-order valence-corrected chi connectivity index (χ1v) is 7.45. The van der Waals surface area contributed by atoms with Gasteiger partial charge in [-0.05, 0) is 62.8 Å². The maximum Gasteiger partial charge on any atom is 0.129 e. The van der Waals surface area contributed by atoms with E-state index in [9.17, 15) is 0 Å². The zero-order valence-electron chi connectivity index (χ0n) is 9.64. The second kappa shape index (κ2) is 5.05. The summed E-state index contributed by atoms with van der Waals surface area (Å²) in [4.78, 5) is 0. The lowest BCUT2D eigenvalue weighted by Crippen LogP contribution is -2.01. The van der Waals surface area contributed by atoms with Crippen molar-refractivity contribution < 1.29 is 4.74 Å². The first-order chi connectivity index (χ1) is 8.72. The second-order valence-corrected chi connectivity index (χ2v) is 6.08. The van der Waals surface area contributed by atoms with Crippen LogP contribution in [0, 0.1) is 5.92 Å². The van der Waals surface area contributed by atoms with Crippen molar-refractivity contribution in [2.45, 2.75) is 12.8 Å². The van der Waals surface area contributed by atoms with Crippen LogP contribution in [0.5, 0.6) is 5.75 Å². The lowest BCUT2D eigenvalue weighted by atomic mass is 10.3. The van der Waals surface area contributed by atoms with Crippen LogP contribution in [0.25, 0.3) is 5.69 Å². The monoisotopic (exact) mass is 370 g/mol. The van der Waals surface area contributed by atoms with Crippen LogP contribution in [0.15, 0.2) is 39.5 Å². The van der Waals surface area contributed by atoms with E-state index in [0.29, 0.717) is 0 Å². The highest BCUT2D eigenvalue weighted by atomic mass is 79.9. The van der Waals surface area contributed by atoms with Crippen molar-refractivity contribution in [3.63, 3.8) is 0 Å². The lowest BCUT2D eigenvalue weighted by molar-refractivity contribution is 0.299. The Morgan fingerprint density at radius 2 is 2.11 bits per heavy atom. The molecular weight excluding hydrogens is 360 g/mol. The van der Waals surface area contributed by atoms with E-state index in [1.165, 1.54) is 12.8 Å². The van der Waals surface area contributed by atoms with Crippen molar-refractivity contribution in [1.29, 1.82) is 0 Å². The molecule has 0 spiro atoms. The fourth-order valence-corrected chi connectivity index (χ4v) is 2.90. The van der Waals surface area contributed by atoms with E-state index >= 15 is 0 Å². The highest BCUT2D eigenvalue weighted by molar-refractivity contribution is 9.11. The minimum absolute atomic E-state index is 0.763. The van der Waals surface area contributed by atoms with Gasteiger partial charge in [-0.15, -0.1) is 0 Å². The predicted octanol–water partition coefficient (Wildman–Crippen LogP) is 4.19. The van der Waals surface area contributed by atoms with Gasteiger partial charge < -0.3 is 4.74 Å². The van der Waals surface area contributed by atoms with Crippen LogP contribution >= 0.6 is 31.9 Å². The number of hydrogen-bond acceptors (Lipinski definition) is 2. The van der Waals surface area contributed by atoms with Gasteiger partial charge in [0, 0.05) is 12.1 Å². The van der Waals surface area contributed by atoms with Gasteiger partial charge in [-0.25, -0.2) is 4.68 Å². The van der Waals surface area contributed by atoms with Crippen molar-refractivity contribution in [2.75, 3.05) is 6.61 Å². The van der Waals surface area contributed by atoms with Crippen LogP contribution in [0.1, 0.15) is 12.8 Å². The van der Waals surface area contributed by atoms with Gasteiger partial charge in [-0.1, -0.05) is 6.07 Å². The summed E-state index contributed by atoms with van der Waals surface area (Å²) in [6.07, 6.45) is 2.61. The molecule has 1 aromatic carbocycles. The maximum absolute atomic E-state index is 5.77. The molecule has 1 saturated carbocycles. The standard InChI is InChI=1S/C13H12Br2N2O/c14-12-7-13(15)17(16-12)10-2-1-3-11(6-10)18-8-9-4-5-9/h1-3,6-7,9H,4-5,8H2. The lowest BCUT2D eigenvalue weighted by Gasteiger charge is -2.08. The summed E-state index contributed by atoms with van der Waals surface area (Å²) in [5.41, 5.74) is 0.987. The molecule has 3 rings (SSSR count). The average molecular weight is 372 g/mol. The molecule has 94 valence electrons. The third-order valence-electron chi connectivity index (χ3n) is 2.88. The molecule has 0 radical (unpaired) electrons. The Hall–Kier alpha value is -0.810. The van der Waals surface area contributed by atoms with Crippen molar-refractivity contribution in [1.82, 2.24) is 9.78 Å². The molecule has 0 atom stereocenters. The first kappa shape index (κ1) is 12.2. The number of aromatic nitrogens is 2. The highest BCUT2D eigenvalue weighted by Gasteiger charge is 2.21. The third kappa shape index (κ3) is 2.78. The largest absolute Gasteiger partial charge is 0.493 e. The molecule has 18 heavy (non-hydrogen) atoms. The zero-order chi connectivity index (χ0) is 12.5. The zero-order valence-corrected chi connectivity index (χ0v) is 12.8. The summed E-state index contributed by atoms with van der Waals surface area (Å²) >= 11 is 6.84. The number of halogens is 2. The molecule has 0 N–H and O–H groups in total. The van der Waals surface area contributed by atoms with Gasteiger partial charge in [0.25, 0.3) is 0 Å². The molecule has 0 bridgehead atoms. The van der Waals surface area contributed by atoms with Crippen LogP contribution in [-0.4, -0.2) is 16.4 Å². The Labute approximate surface area is 122 Å². The molecule has 0 aliphatic heterocycles. The molecule has 1 aliphatic rings. The molecule has 1 fully saturated rings. The summed E-state index contributed by atoms with van der Waals surface area (Å²) in [7, 11) is 0. The number of nitrogens with zero attached hydrogens (tertiary/aromatic N) is 2. The molecule has 0 amide bonds. The van der Waals surface area contributed by atoms with Crippen LogP contribution in [0.3, 0.4) is 0 Å². The van der Waals surface area contributed by atoms with Crippen LogP contribution in [0.2, 0.25) is 0 Å². The molecule has 1 aliphatic carbocycles. The van der Waals surface area contributed by atoms with Crippen LogP contribution in [-0.2, 0) is 0 Å². The van der Waals surface area contributed by atoms with E-state index in [0.717, 1.165) is 33.2 Å². The summed E-state index contributed by atoms with van der Waals surface area (Å²) in [5.74, 6) is 1.66. The fraction of sp³-hybridized carbons (Fsp3) is 0.308. The highest BCUT2D eigenvalue weighted by Crippen LogP contribution is 2.30. The second-order valence-electron chi connectivity index (χ2n) is 4.45. The normalized spacial score (nSPS) is 14.8. The van der Waals surface area contributed by atoms with E-state index < -0.39 is 0 Å². The van der Waals surface area contributed by atoms with E-state index in [1.54, 1.807) is 0 Å². The van der Waals surface area contributed by atoms with Gasteiger partial charge in [0.05, 0.1) is 12.3 Å².